The first-order valence-electron chi connectivity index (χ1n) is 14.7. The predicted molar refractivity (Wildman–Crippen MR) is 174 cm³/mol. The van der Waals surface area contributed by atoms with Crippen LogP contribution in [-0.4, -0.2) is 23.5 Å². The van der Waals surface area contributed by atoms with Crippen LogP contribution in [0.25, 0.3) is 33.1 Å². The molecule has 2 aliphatic carbocycles. The molecule has 2 aliphatic rings. The lowest BCUT2D eigenvalue weighted by atomic mass is 9.76. The van der Waals surface area contributed by atoms with Crippen LogP contribution < -0.4 is 0 Å². The fraction of sp³-hybridized carbons (Fsp3) is 0. The molecule has 6 aromatic carbocycles. The zero-order valence-electron chi connectivity index (χ0n) is 24.2. The first-order valence-corrected chi connectivity index (χ1v) is 14.7. The van der Waals surface area contributed by atoms with E-state index in [1.807, 2.05) is 60.7 Å². The quantitative estimate of drug-likeness (QED) is 0.190. The second-order valence-corrected chi connectivity index (χ2v) is 11.0. The Bertz CT molecular complexity index is 2210. The molecule has 8 rings (SSSR count). The maximum Gasteiger partial charge on any atom is 0.344 e. The topological polar surface area (TPSA) is 86.7 Å². The predicted octanol–water partition coefficient (Wildman–Crippen LogP) is 8.22. The van der Waals surface area contributed by atoms with E-state index in [2.05, 4.69) is 0 Å². The molecule has 0 bridgehead atoms. The molecule has 0 atom stereocenters. The van der Waals surface area contributed by atoms with Gasteiger partial charge in [-0.1, -0.05) is 121 Å². The first-order chi connectivity index (χ1) is 22.5. The largest absolute Gasteiger partial charge is 0.421 e. The molecule has 6 heteroatoms. The Morgan fingerprint density at radius 3 is 1.17 bits per heavy atom. The van der Waals surface area contributed by atoms with E-state index in [1.165, 1.54) is 0 Å². The number of rotatable bonds is 4. The van der Waals surface area contributed by atoms with Crippen LogP contribution in [0.3, 0.4) is 0 Å². The molecule has 6 nitrogen and oxygen atoms in total. The van der Waals surface area contributed by atoms with Gasteiger partial charge in [-0.2, -0.15) is 0 Å². The van der Waals surface area contributed by atoms with Crippen molar-refractivity contribution in [1.29, 1.82) is 0 Å². The molecule has 0 heterocycles. The van der Waals surface area contributed by atoms with Gasteiger partial charge in [0, 0.05) is 22.3 Å². The maximum absolute atomic E-state index is 14.2. The highest BCUT2D eigenvalue weighted by molar-refractivity contribution is 6.34. The number of fused-ring (bicyclic) bond motifs is 5. The summed E-state index contributed by atoms with van der Waals surface area (Å²) in [5.41, 5.74) is 1.38. The Morgan fingerprint density at radius 2 is 0.739 bits per heavy atom. The van der Waals surface area contributed by atoms with E-state index in [4.69, 9.17) is 9.47 Å². The van der Waals surface area contributed by atoms with Gasteiger partial charge < -0.3 is 9.47 Å². The number of hydrogen-bond donors (Lipinski definition) is 0. The molecular formula is C40H22O6. The lowest BCUT2D eigenvalue weighted by molar-refractivity contribution is 0.0673. The third kappa shape index (κ3) is 4.19. The number of hydrogen-bond acceptors (Lipinski definition) is 6. The number of Topliss-reactive ketones (excluding diaryl/α,β-unsaturated/α-hetero) is 2. The maximum atomic E-state index is 14.2. The third-order valence-corrected chi connectivity index (χ3v) is 8.40. The van der Waals surface area contributed by atoms with Crippen LogP contribution >= 0.6 is 0 Å². The molecule has 46 heavy (non-hydrogen) atoms. The third-order valence-electron chi connectivity index (χ3n) is 8.40. The van der Waals surface area contributed by atoms with Crippen molar-refractivity contribution in [3.05, 3.63) is 178 Å². The number of esters is 2. The number of ketones is 2. The summed E-state index contributed by atoms with van der Waals surface area (Å²) in [6.45, 7) is 0. The first kappa shape index (κ1) is 27.2. The molecule has 0 saturated carbocycles. The van der Waals surface area contributed by atoms with Crippen LogP contribution in [0, 0.1) is 0 Å². The van der Waals surface area contributed by atoms with Crippen LogP contribution in [0.5, 0.6) is 0 Å². The van der Waals surface area contributed by atoms with Gasteiger partial charge >= 0.3 is 11.9 Å². The van der Waals surface area contributed by atoms with Crippen molar-refractivity contribution in [2.45, 2.75) is 0 Å². The summed E-state index contributed by atoms with van der Waals surface area (Å²) in [4.78, 5) is 56.2. The van der Waals surface area contributed by atoms with Crippen molar-refractivity contribution in [2.24, 2.45) is 0 Å². The number of carbonyl (C=O) groups is 4. The molecule has 0 amide bonds. The number of benzene rings is 6. The van der Waals surface area contributed by atoms with Crippen molar-refractivity contribution in [3.63, 3.8) is 0 Å². The molecule has 0 saturated heterocycles. The fourth-order valence-electron chi connectivity index (χ4n) is 6.27. The minimum Gasteiger partial charge on any atom is -0.421 e. The van der Waals surface area contributed by atoms with Gasteiger partial charge in [0.05, 0.1) is 22.3 Å². The van der Waals surface area contributed by atoms with Crippen molar-refractivity contribution in [3.8, 4) is 0 Å². The highest BCUT2D eigenvalue weighted by atomic mass is 16.5. The summed E-state index contributed by atoms with van der Waals surface area (Å²) >= 11 is 0. The van der Waals surface area contributed by atoms with E-state index in [1.54, 1.807) is 72.8 Å². The molecule has 6 aromatic rings. The van der Waals surface area contributed by atoms with E-state index in [9.17, 15) is 19.2 Å². The lowest BCUT2D eigenvalue weighted by Crippen LogP contribution is -2.28. The van der Waals surface area contributed by atoms with Gasteiger partial charge in [0.15, 0.2) is 23.1 Å². The minimum atomic E-state index is -0.691. The highest BCUT2D eigenvalue weighted by Gasteiger charge is 2.43. The van der Waals surface area contributed by atoms with Crippen molar-refractivity contribution < 1.29 is 28.7 Å². The average Bonchev–Trinajstić information content (AvgIpc) is 3.10. The van der Waals surface area contributed by atoms with Gasteiger partial charge in [0.2, 0.25) is 0 Å². The van der Waals surface area contributed by atoms with E-state index in [0.717, 1.165) is 10.8 Å². The molecule has 0 fully saturated rings. The molecule has 0 N–H and O–H groups in total. The minimum absolute atomic E-state index is 0.0682. The number of carbonyl (C=O) groups excluding carboxylic acids is 4. The second-order valence-electron chi connectivity index (χ2n) is 11.0. The number of ether oxygens (including phenoxy) is 2. The Balaban J connectivity index is 1.34. The van der Waals surface area contributed by atoms with E-state index >= 15 is 0 Å². The van der Waals surface area contributed by atoms with Gasteiger partial charge in [-0.15, -0.1) is 0 Å². The summed E-state index contributed by atoms with van der Waals surface area (Å²) in [7, 11) is 0. The summed E-state index contributed by atoms with van der Waals surface area (Å²) in [6, 6.07) is 38.7. The van der Waals surface area contributed by atoms with Gasteiger partial charge in [-0.05, 0) is 33.7 Å². The molecule has 0 aromatic heterocycles. The van der Waals surface area contributed by atoms with Crippen molar-refractivity contribution in [2.75, 3.05) is 0 Å². The molecule has 0 unspecified atom stereocenters. The molecule has 0 aliphatic heterocycles. The molecule has 0 radical (unpaired) electrons. The second kappa shape index (κ2) is 10.6. The van der Waals surface area contributed by atoms with Gasteiger partial charge in [0.25, 0.3) is 0 Å². The van der Waals surface area contributed by atoms with Crippen LogP contribution in [-0.2, 0) is 9.47 Å². The smallest absolute Gasteiger partial charge is 0.344 e. The van der Waals surface area contributed by atoms with Crippen LogP contribution in [0.2, 0.25) is 0 Å². The van der Waals surface area contributed by atoms with Gasteiger partial charge in [-0.25, -0.2) is 9.59 Å². The average molecular weight is 599 g/mol. The zero-order chi connectivity index (χ0) is 31.4. The summed E-state index contributed by atoms with van der Waals surface area (Å²) in [5.74, 6) is -2.55. The zero-order valence-corrected chi connectivity index (χ0v) is 24.2. The SMILES string of the molecule is O=C1C2=C(OC(=O)c3cccc4ccccc34)c3ccccc3C(=O)C2=C(OC(=O)c2cccc3ccccc23)c2ccccc21. The van der Waals surface area contributed by atoms with Gasteiger partial charge in [-0.3, -0.25) is 9.59 Å². The number of allylic oxidation sites excluding steroid dienone is 2. The monoisotopic (exact) mass is 598 g/mol. The summed E-state index contributed by atoms with van der Waals surface area (Å²) in [5, 5.41) is 3.06. The van der Waals surface area contributed by atoms with Crippen molar-refractivity contribution >= 4 is 56.6 Å². The fourth-order valence-corrected chi connectivity index (χ4v) is 6.27. The molecular weight excluding hydrogens is 576 g/mol. The highest BCUT2D eigenvalue weighted by Crippen LogP contribution is 2.45. The Morgan fingerprint density at radius 1 is 0.391 bits per heavy atom. The Labute approximate surface area is 262 Å². The summed E-state index contributed by atoms with van der Waals surface area (Å²) < 4.78 is 12.2. The van der Waals surface area contributed by atoms with Crippen LogP contribution in [0.1, 0.15) is 52.6 Å². The van der Waals surface area contributed by atoms with Crippen molar-refractivity contribution in [1.82, 2.24) is 0 Å². The normalized spacial score (nSPS) is 13.7. The summed E-state index contributed by atoms with van der Waals surface area (Å²) in [6.07, 6.45) is 0. The van der Waals surface area contributed by atoms with Gasteiger partial charge in [0.1, 0.15) is 0 Å². The van der Waals surface area contributed by atoms with E-state index in [0.29, 0.717) is 33.0 Å². The standard InChI is InChI=1S/C40H22O6/c41-35-28-18-6-8-20-30(28)38(46-40(44)32-22-10-14-24-12-2-4-16-26(24)32)34-33(35)37(29-19-7-5-17-27(29)36(34)42)45-39(43)31-21-9-13-23-11-1-3-15-25(23)31/h1-22H. The Kier molecular flexibility index (Phi) is 6.29. The lowest BCUT2D eigenvalue weighted by Gasteiger charge is -2.29. The van der Waals surface area contributed by atoms with E-state index in [-0.39, 0.29) is 33.8 Å². The Hall–Kier alpha value is -6.40. The molecule has 0 spiro atoms. The van der Waals surface area contributed by atoms with Crippen LogP contribution in [0.15, 0.2) is 145 Å². The van der Waals surface area contributed by atoms with E-state index < -0.39 is 23.5 Å². The molecule has 218 valence electrons. The van der Waals surface area contributed by atoms with Crippen LogP contribution in [0.4, 0.5) is 0 Å².